The molecule has 2 aliphatic rings. The summed E-state index contributed by atoms with van der Waals surface area (Å²) in [5.74, 6) is 3.53. The Morgan fingerprint density at radius 3 is 2.70 bits per heavy atom. The second-order valence-corrected chi connectivity index (χ2v) is 8.86. The fraction of sp³-hybridized carbons (Fsp3) is 0.440. The van der Waals surface area contributed by atoms with Crippen LogP contribution in [0.15, 0.2) is 53.2 Å². The molecule has 1 amide bonds. The van der Waals surface area contributed by atoms with Crippen molar-refractivity contribution in [1.82, 2.24) is 19.8 Å². The van der Waals surface area contributed by atoms with Crippen LogP contribution in [0, 0.1) is 6.92 Å². The molecule has 1 fully saturated rings. The number of ether oxygens (including phenoxy) is 2. The zero-order valence-corrected chi connectivity index (χ0v) is 19.1. The Balaban J connectivity index is 1.24. The first-order valence-corrected chi connectivity index (χ1v) is 11.4. The Labute approximate surface area is 193 Å². The van der Waals surface area contributed by atoms with Gasteiger partial charge in [-0.05, 0) is 49.6 Å². The molecule has 8 nitrogen and oxygen atoms in total. The average molecular weight is 451 g/mol. The third-order valence-electron chi connectivity index (χ3n) is 6.61. The number of piperidine rings is 1. The maximum absolute atomic E-state index is 13.0. The highest BCUT2D eigenvalue weighted by molar-refractivity contribution is 5.81. The summed E-state index contributed by atoms with van der Waals surface area (Å²) >= 11 is 0. The fourth-order valence-electron chi connectivity index (χ4n) is 4.78. The average Bonchev–Trinajstić information content (AvgIpc) is 3.48. The third-order valence-corrected chi connectivity index (χ3v) is 6.61. The Kier molecular flexibility index (Phi) is 5.95. The number of hydrogen-bond donors (Lipinski definition) is 1. The van der Waals surface area contributed by atoms with Crippen LogP contribution >= 0.6 is 0 Å². The molecule has 5 rings (SSSR count). The van der Waals surface area contributed by atoms with Crippen molar-refractivity contribution in [2.75, 3.05) is 20.2 Å². The van der Waals surface area contributed by atoms with E-state index in [4.69, 9.17) is 13.9 Å². The first-order chi connectivity index (χ1) is 16.0. The summed E-state index contributed by atoms with van der Waals surface area (Å²) in [4.78, 5) is 20.0. The number of fused-ring (bicyclic) bond motifs is 2. The van der Waals surface area contributed by atoms with Crippen LogP contribution in [0.3, 0.4) is 0 Å². The molecule has 0 bridgehead atoms. The fourth-order valence-corrected chi connectivity index (χ4v) is 4.78. The molecule has 4 heterocycles. The van der Waals surface area contributed by atoms with Gasteiger partial charge in [-0.3, -0.25) is 9.69 Å². The summed E-state index contributed by atoms with van der Waals surface area (Å²) in [6, 6.07) is 11.7. The lowest BCUT2D eigenvalue weighted by Gasteiger charge is -2.45. The van der Waals surface area contributed by atoms with Gasteiger partial charge in [0.1, 0.15) is 28.7 Å². The number of carbonyl (C=O) groups excluding carboxylic acids is 1. The molecule has 8 heteroatoms. The van der Waals surface area contributed by atoms with Gasteiger partial charge in [-0.25, -0.2) is 4.98 Å². The van der Waals surface area contributed by atoms with E-state index in [1.54, 1.807) is 13.3 Å². The van der Waals surface area contributed by atoms with Crippen LogP contribution in [0.25, 0.3) is 0 Å². The van der Waals surface area contributed by atoms with Gasteiger partial charge >= 0.3 is 0 Å². The molecule has 2 aliphatic heterocycles. The number of hydrogen-bond acceptors (Lipinski definition) is 6. The van der Waals surface area contributed by atoms with Gasteiger partial charge in [0.2, 0.25) is 0 Å². The van der Waals surface area contributed by atoms with E-state index in [1.807, 2.05) is 49.5 Å². The summed E-state index contributed by atoms with van der Waals surface area (Å²) in [5, 5.41) is 3.03. The molecule has 174 valence electrons. The number of rotatable bonds is 6. The number of carbonyl (C=O) groups is 1. The van der Waals surface area contributed by atoms with E-state index < -0.39 is 11.7 Å². The van der Waals surface area contributed by atoms with Crippen LogP contribution in [0.5, 0.6) is 5.75 Å². The van der Waals surface area contributed by atoms with E-state index in [9.17, 15) is 4.79 Å². The molecular formula is C25H30N4O4. The summed E-state index contributed by atoms with van der Waals surface area (Å²) in [6.07, 6.45) is 4.76. The highest BCUT2D eigenvalue weighted by Crippen LogP contribution is 2.40. The summed E-state index contributed by atoms with van der Waals surface area (Å²) in [6.45, 7) is 5.37. The number of nitrogens with one attached hydrogen (secondary N) is 1. The lowest BCUT2D eigenvalue weighted by atomic mass is 9.88. The maximum atomic E-state index is 13.0. The van der Waals surface area contributed by atoms with Crippen LogP contribution in [-0.2, 0) is 34.8 Å². The number of furan rings is 1. The second kappa shape index (κ2) is 9.03. The predicted octanol–water partition coefficient (Wildman–Crippen LogP) is 3.00. The monoisotopic (exact) mass is 450 g/mol. The molecule has 1 aromatic carbocycles. The van der Waals surface area contributed by atoms with Gasteiger partial charge in [-0.15, -0.1) is 0 Å². The zero-order valence-electron chi connectivity index (χ0n) is 19.1. The largest absolute Gasteiger partial charge is 0.497 e. The normalized spacial score (nSPS) is 19.9. The van der Waals surface area contributed by atoms with Crippen molar-refractivity contribution in [2.24, 2.45) is 0 Å². The van der Waals surface area contributed by atoms with E-state index in [0.717, 1.165) is 61.1 Å². The minimum atomic E-state index is -0.552. The number of aromatic nitrogens is 2. The first-order valence-electron chi connectivity index (χ1n) is 11.4. The standard InChI is InChI=1S/C25H30N4O4/c1-18-3-6-21(32-18)16-28-12-9-25(10-13-28)24-26-11-14-29(24)17-22(33-25)23(30)27-15-19-4-7-20(31-2)8-5-19/h3-8,11,14,22H,9-10,12-13,15-17H2,1-2H3,(H,27,30)/t22-/m0/s1. The molecule has 3 aromatic rings. The van der Waals surface area contributed by atoms with Crippen molar-refractivity contribution in [3.63, 3.8) is 0 Å². The predicted molar refractivity (Wildman–Crippen MR) is 122 cm³/mol. The number of benzene rings is 1. The lowest BCUT2D eigenvalue weighted by molar-refractivity contribution is -0.174. The minimum absolute atomic E-state index is 0.0990. The number of methoxy groups -OCH3 is 1. The maximum Gasteiger partial charge on any atom is 0.251 e. The molecule has 1 N–H and O–H groups in total. The van der Waals surface area contributed by atoms with Crippen molar-refractivity contribution in [1.29, 1.82) is 0 Å². The SMILES string of the molecule is COc1ccc(CNC(=O)[C@@H]2Cn3ccnc3C3(CCN(Cc4ccc(C)o4)CC3)O2)cc1. The molecule has 0 aliphatic carbocycles. The first kappa shape index (κ1) is 21.7. The van der Waals surface area contributed by atoms with Crippen LogP contribution in [0.4, 0.5) is 0 Å². The third kappa shape index (κ3) is 4.54. The summed E-state index contributed by atoms with van der Waals surface area (Å²) < 4.78 is 19.5. The summed E-state index contributed by atoms with van der Waals surface area (Å²) in [5.41, 5.74) is 0.471. The van der Waals surface area contributed by atoms with Crippen molar-refractivity contribution in [3.05, 3.63) is 71.7 Å². The van der Waals surface area contributed by atoms with Gasteiger partial charge in [0.05, 0.1) is 20.2 Å². The Bertz CT molecular complexity index is 1100. The van der Waals surface area contributed by atoms with E-state index in [-0.39, 0.29) is 5.91 Å². The quantitative estimate of drug-likeness (QED) is 0.622. The molecular weight excluding hydrogens is 420 g/mol. The van der Waals surface area contributed by atoms with Crippen molar-refractivity contribution in [2.45, 2.75) is 51.1 Å². The number of nitrogens with zero attached hydrogens (tertiary/aromatic N) is 3. The van der Waals surface area contributed by atoms with E-state index >= 15 is 0 Å². The van der Waals surface area contributed by atoms with E-state index in [2.05, 4.69) is 19.8 Å². The Morgan fingerprint density at radius 2 is 2.00 bits per heavy atom. The van der Waals surface area contributed by atoms with Gasteiger partial charge in [0, 0.05) is 32.0 Å². The molecule has 2 aromatic heterocycles. The highest BCUT2D eigenvalue weighted by atomic mass is 16.5. The smallest absolute Gasteiger partial charge is 0.251 e. The van der Waals surface area contributed by atoms with Crippen molar-refractivity contribution >= 4 is 5.91 Å². The molecule has 33 heavy (non-hydrogen) atoms. The molecule has 1 spiro atoms. The number of imidazole rings is 1. The molecule has 1 saturated heterocycles. The number of aryl methyl sites for hydroxylation is 1. The van der Waals surface area contributed by atoms with Crippen molar-refractivity contribution in [3.8, 4) is 5.75 Å². The van der Waals surface area contributed by atoms with Gasteiger partial charge in [0.25, 0.3) is 5.91 Å². The highest BCUT2D eigenvalue weighted by Gasteiger charge is 2.47. The van der Waals surface area contributed by atoms with Crippen LogP contribution in [-0.4, -0.2) is 46.7 Å². The van der Waals surface area contributed by atoms with Crippen LogP contribution in [0.1, 0.15) is 35.7 Å². The molecule has 0 saturated carbocycles. The lowest BCUT2D eigenvalue weighted by Crippen LogP contribution is -2.53. The Hall–Kier alpha value is -3.10. The molecule has 1 atom stereocenters. The number of likely N-dealkylation sites (tertiary alicyclic amines) is 1. The van der Waals surface area contributed by atoms with Gasteiger partial charge in [-0.1, -0.05) is 12.1 Å². The molecule has 0 radical (unpaired) electrons. The van der Waals surface area contributed by atoms with Crippen LogP contribution < -0.4 is 10.1 Å². The minimum Gasteiger partial charge on any atom is -0.497 e. The Morgan fingerprint density at radius 1 is 1.21 bits per heavy atom. The zero-order chi connectivity index (χ0) is 22.8. The van der Waals surface area contributed by atoms with Crippen molar-refractivity contribution < 1.29 is 18.7 Å². The molecule has 0 unspecified atom stereocenters. The van der Waals surface area contributed by atoms with E-state index in [1.165, 1.54) is 0 Å². The van der Waals surface area contributed by atoms with Crippen LogP contribution in [0.2, 0.25) is 0 Å². The second-order valence-electron chi connectivity index (χ2n) is 8.86. The summed E-state index contributed by atoms with van der Waals surface area (Å²) in [7, 11) is 1.64. The number of amides is 1. The van der Waals surface area contributed by atoms with Gasteiger partial charge < -0.3 is 23.8 Å². The van der Waals surface area contributed by atoms with E-state index in [0.29, 0.717) is 13.1 Å². The topological polar surface area (TPSA) is 81.8 Å². The van der Waals surface area contributed by atoms with Gasteiger partial charge in [0.15, 0.2) is 6.10 Å². The van der Waals surface area contributed by atoms with Gasteiger partial charge in [-0.2, -0.15) is 0 Å².